The zero-order chi connectivity index (χ0) is 15.5. The molecule has 2 aromatic carbocycles. The molecule has 0 bridgehead atoms. The molecule has 0 radical (unpaired) electrons. The molecule has 1 nitrogen and oxygen atoms in total. The summed E-state index contributed by atoms with van der Waals surface area (Å²) in [7, 11) is 0. The molecule has 0 N–H and O–H groups in total. The molecule has 1 saturated heterocycles. The molecule has 0 unspecified atom stereocenters. The van der Waals surface area contributed by atoms with Crippen LogP contribution in [0.1, 0.15) is 44.2 Å². The molecule has 1 aliphatic rings. The van der Waals surface area contributed by atoms with Crippen LogP contribution in [0.5, 0.6) is 0 Å². The molecule has 0 aliphatic carbocycles. The molecular weight excluding hydrogens is 268 g/mol. The lowest BCUT2D eigenvalue weighted by molar-refractivity contribution is 0.00242. The van der Waals surface area contributed by atoms with E-state index in [1.165, 1.54) is 11.1 Å². The second kappa shape index (κ2) is 6.66. The van der Waals surface area contributed by atoms with Gasteiger partial charge in [0.05, 0.1) is 12.2 Å². The van der Waals surface area contributed by atoms with E-state index in [0.29, 0.717) is 23.9 Å². The van der Waals surface area contributed by atoms with Crippen molar-refractivity contribution in [1.29, 1.82) is 0 Å². The van der Waals surface area contributed by atoms with E-state index in [0.717, 1.165) is 6.42 Å². The van der Waals surface area contributed by atoms with Crippen LogP contribution in [0.15, 0.2) is 60.7 Å². The first-order valence-electron chi connectivity index (χ1n) is 8.42. The Morgan fingerprint density at radius 3 is 1.77 bits per heavy atom. The minimum Gasteiger partial charge on any atom is -0.373 e. The molecule has 1 aliphatic heterocycles. The third-order valence-corrected chi connectivity index (χ3v) is 4.84. The van der Waals surface area contributed by atoms with Gasteiger partial charge in [-0.15, -0.1) is 0 Å². The van der Waals surface area contributed by atoms with E-state index in [-0.39, 0.29) is 6.10 Å². The number of ether oxygens (including phenoxy) is 1. The van der Waals surface area contributed by atoms with Gasteiger partial charge >= 0.3 is 0 Å². The third-order valence-electron chi connectivity index (χ3n) is 4.84. The number of hydrogen-bond acceptors (Lipinski definition) is 1. The van der Waals surface area contributed by atoms with Gasteiger partial charge in [-0.05, 0) is 29.4 Å². The molecule has 3 rings (SSSR count). The maximum Gasteiger partial charge on any atom is 0.0691 e. The van der Waals surface area contributed by atoms with Gasteiger partial charge in [0.1, 0.15) is 0 Å². The minimum atomic E-state index is 0.271. The van der Waals surface area contributed by atoms with Crippen LogP contribution in [0.4, 0.5) is 0 Å². The monoisotopic (exact) mass is 294 g/mol. The highest BCUT2D eigenvalue weighted by Crippen LogP contribution is 2.40. The Balaban J connectivity index is 1.94. The molecule has 0 saturated carbocycles. The molecule has 1 heteroatoms. The fourth-order valence-electron chi connectivity index (χ4n) is 3.86. The standard InChI is InChI=1S/C21H26O/c1-15(2)21-16(3)14-19(22-21)20(17-10-6-4-7-11-17)18-12-8-5-9-13-18/h4-13,15-16,19-21H,14H2,1-3H3/t16-,19-,21-/m0/s1. The van der Waals surface area contributed by atoms with Gasteiger partial charge in [0.2, 0.25) is 0 Å². The molecule has 1 heterocycles. The van der Waals surface area contributed by atoms with Gasteiger partial charge in [0.15, 0.2) is 0 Å². The zero-order valence-electron chi connectivity index (χ0n) is 13.8. The van der Waals surface area contributed by atoms with Crippen LogP contribution in [-0.4, -0.2) is 12.2 Å². The zero-order valence-corrected chi connectivity index (χ0v) is 13.8. The summed E-state index contributed by atoms with van der Waals surface area (Å²) in [6, 6.07) is 21.6. The first-order valence-corrected chi connectivity index (χ1v) is 8.42. The van der Waals surface area contributed by atoms with Crippen LogP contribution in [0, 0.1) is 11.8 Å². The van der Waals surface area contributed by atoms with Crippen molar-refractivity contribution in [1.82, 2.24) is 0 Å². The topological polar surface area (TPSA) is 9.23 Å². The molecule has 3 atom stereocenters. The summed E-state index contributed by atoms with van der Waals surface area (Å²) in [5.41, 5.74) is 2.71. The number of hydrogen-bond donors (Lipinski definition) is 0. The van der Waals surface area contributed by atoms with E-state index in [9.17, 15) is 0 Å². The first kappa shape index (κ1) is 15.3. The average molecular weight is 294 g/mol. The summed E-state index contributed by atoms with van der Waals surface area (Å²) < 4.78 is 6.51. The van der Waals surface area contributed by atoms with Crippen LogP contribution >= 0.6 is 0 Å². The molecule has 0 spiro atoms. The predicted octanol–water partition coefficient (Wildman–Crippen LogP) is 5.27. The maximum atomic E-state index is 6.51. The lowest BCUT2D eigenvalue weighted by atomic mass is 9.83. The number of benzene rings is 2. The van der Waals surface area contributed by atoms with E-state index in [4.69, 9.17) is 4.74 Å². The van der Waals surface area contributed by atoms with Crippen LogP contribution < -0.4 is 0 Å². The van der Waals surface area contributed by atoms with E-state index in [2.05, 4.69) is 81.4 Å². The summed E-state index contributed by atoms with van der Waals surface area (Å²) >= 11 is 0. The molecule has 22 heavy (non-hydrogen) atoms. The predicted molar refractivity (Wildman–Crippen MR) is 92.0 cm³/mol. The molecule has 0 aromatic heterocycles. The smallest absolute Gasteiger partial charge is 0.0691 e. The quantitative estimate of drug-likeness (QED) is 0.746. The second-order valence-electron chi connectivity index (χ2n) is 6.90. The van der Waals surface area contributed by atoms with Crippen molar-refractivity contribution < 1.29 is 4.74 Å². The third kappa shape index (κ3) is 3.10. The van der Waals surface area contributed by atoms with Gasteiger partial charge in [0.25, 0.3) is 0 Å². The van der Waals surface area contributed by atoms with E-state index in [1.807, 2.05) is 0 Å². The van der Waals surface area contributed by atoms with Crippen molar-refractivity contribution in [3.8, 4) is 0 Å². The Morgan fingerprint density at radius 1 is 0.864 bits per heavy atom. The lowest BCUT2D eigenvalue weighted by Gasteiger charge is -2.26. The molecule has 116 valence electrons. The maximum absolute atomic E-state index is 6.51. The summed E-state index contributed by atoms with van der Waals surface area (Å²) in [4.78, 5) is 0. The van der Waals surface area contributed by atoms with Gasteiger partial charge in [0, 0.05) is 5.92 Å². The molecule has 0 amide bonds. The van der Waals surface area contributed by atoms with Gasteiger partial charge < -0.3 is 4.74 Å². The summed E-state index contributed by atoms with van der Waals surface area (Å²) in [5, 5.41) is 0. The van der Waals surface area contributed by atoms with E-state index < -0.39 is 0 Å². The second-order valence-corrected chi connectivity index (χ2v) is 6.90. The van der Waals surface area contributed by atoms with Crippen molar-refractivity contribution >= 4 is 0 Å². The first-order chi connectivity index (χ1) is 10.7. The Labute approximate surface area is 134 Å². The Bertz CT molecular complexity index is 536. The highest BCUT2D eigenvalue weighted by molar-refractivity contribution is 5.34. The van der Waals surface area contributed by atoms with Crippen molar-refractivity contribution in [2.75, 3.05) is 0 Å². The number of rotatable bonds is 4. The van der Waals surface area contributed by atoms with Crippen molar-refractivity contribution in [3.05, 3.63) is 71.8 Å². The fraction of sp³-hybridized carbons (Fsp3) is 0.429. The average Bonchev–Trinajstić information content (AvgIpc) is 2.91. The molecule has 1 fully saturated rings. The Hall–Kier alpha value is -1.60. The summed E-state index contributed by atoms with van der Waals surface area (Å²) in [6.07, 6.45) is 1.78. The van der Waals surface area contributed by atoms with Gasteiger partial charge in [-0.25, -0.2) is 0 Å². The molecule has 2 aromatic rings. The van der Waals surface area contributed by atoms with Gasteiger partial charge in [-0.3, -0.25) is 0 Å². The highest BCUT2D eigenvalue weighted by atomic mass is 16.5. The van der Waals surface area contributed by atoms with Gasteiger partial charge in [-0.2, -0.15) is 0 Å². The molecular formula is C21H26O. The van der Waals surface area contributed by atoms with Crippen molar-refractivity contribution in [2.45, 2.75) is 45.3 Å². The Kier molecular flexibility index (Phi) is 4.63. The normalized spacial score (nSPS) is 25.0. The SMILES string of the molecule is CC(C)[C@@H]1O[C@H](C(c2ccccc2)c2ccccc2)C[C@@H]1C. The van der Waals surface area contributed by atoms with Gasteiger partial charge in [-0.1, -0.05) is 81.4 Å². The summed E-state index contributed by atoms with van der Waals surface area (Å²) in [5.74, 6) is 1.53. The summed E-state index contributed by atoms with van der Waals surface area (Å²) in [6.45, 7) is 6.87. The largest absolute Gasteiger partial charge is 0.373 e. The fourth-order valence-corrected chi connectivity index (χ4v) is 3.86. The van der Waals surface area contributed by atoms with E-state index in [1.54, 1.807) is 0 Å². The lowest BCUT2D eigenvalue weighted by Crippen LogP contribution is -2.24. The van der Waals surface area contributed by atoms with Crippen molar-refractivity contribution in [2.24, 2.45) is 11.8 Å². The highest BCUT2D eigenvalue weighted by Gasteiger charge is 2.39. The minimum absolute atomic E-state index is 0.271. The van der Waals surface area contributed by atoms with E-state index >= 15 is 0 Å². The van der Waals surface area contributed by atoms with Crippen LogP contribution in [-0.2, 0) is 4.74 Å². The van der Waals surface area contributed by atoms with Crippen LogP contribution in [0.25, 0.3) is 0 Å². The van der Waals surface area contributed by atoms with Crippen LogP contribution in [0.2, 0.25) is 0 Å². The van der Waals surface area contributed by atoms with Crippen molar-refractivity contribution in [3.63, 3.8) is 0 Å². The Morgan fingerprint density at radius 2 is 1.36 bits per heavy atom. The van der Waals surface area contributed by atoms with Crippen LogP contribution in [0.3, 0.4) is 0 Å².